The van der Waals surface area contributed by atoms with Gasteiger partial charge in [0.2, 0.25) is 10.0 Å². The van der Waals surface area contributed by atoms with Crippen molar-refractivity contribution in [3.8, 4) is 22.8 Å². The zero-order valence-electron chi connectivity index (χ0n) is 17.5. The molecule has 8 heteroatoms. The minimum Gasteiger partial charge on any atom is -0.457 e. The van der Waals surface area contributed by atoms with Crippen molar-refractivity contribution in [2.45, 2.75) is 11.3 Å². The van der Waals surface area contributed by atoms with Crippen molar-refractivity contribution in [2.24, 2.45) is 5.14 Å². The Morgan fingerprint density at radius 2 is 1.64 bits per heavy atom. The lowest BCUT2D eigenvalue weighted by atomic mass is 10.1. The minimum atomic E-state index is -3.73. The smallest absolute Gasteiger partial charge is 0.238 e. The van der Waals surface area contributed by atoms with E-state index in [1.807, 2.05) is 71.4 Å². The number of benzene rings is 3. The van der Waals surface area contributed by atoms with Crippen LogP contribution in [0.2, 0.25) is 0 Å². The zero-order valence-corrected chi connectivity index (χ0v) is 18.3. The quantitative estimate of drug-likeness (QED) is 0.408. The van der Waals surface area contributed by atoms with Crippen LogP contribution in [0.1, 0.15) is 11.3 Å². The highest BCUT2D eigenvalue weighted by Crippen LogP contribution is 2.33. The van der Waals surface area contributed by atoms with Crippen molar-refractivity contribution in [3.05, 3.63) is 109 Å². The van der Waals surface area contributed by atoms with E-state index in [-0.39, 0.29) is 4.90 Å². The van der Waals surface area contributed by atoms with Crippen LogP contribution in [-0.4, -0.2) is 22.8 Å². The Labute approximate surface area is 191 Å². The molecular weight excluding hydrogens is 436 g/mol. The monoisotopic (exact) mass is 456 g/mol. The second-order valence-electron chi connectivity index (χ2n) is 7.51. The third kappa shape index (κ3) is 4.48. The molecule has 164 valence electrons. The summed E-state index contributed by atoms with van der Waals surface area (Å²) in [5.41, 5.74) is 4.03. The van der Waals surface area contributed by atoms with E-state index in [1.165, 1.54) is 12.1 Å². The highest BCUT2D eigenvalue weighted by molar-refractivity contribution is 7.89. The molecule has 33 heavy (non-hydrogen) atoms. The Morgan fingerprint density at radius 3 is 2.39 bits per heavy atom. The van der Waals surface area contributed by atoms with Gasteiger partial charge in [0.1, 0.15) is 11.5 Å². The third-order valence-electron chi connectivity index (χ3n) is 5.21. The van der Waals surface area contributed by atoms with Gasteiger partial charge in [-0.3, -0.25) is 4.98 Å². The second kappa shape index (κ2) is 8.50. The fourth-order valence-electron chi connectivity index (χ4n) is 3.60. The van der Waals surface area contributed by atoms with Gasteiger partial charge in [0.25, 0.3) is 0 Å². The SMILES string of the molecule is NS(=O)(=O)c1ccc(Cc2nccn3cc(-c4ccccc4Oc4ccccc4)nc23)cc1. The van der Waals surface area contributed by atoms with Crippen LogP contribution in [0.15, 0.2) is 102 Å². The Bertz CT molecular complexity index is 1530. The predicted octanol–water partition coefficient (Wildman–Crippen LogP) is 4.43. The molecule has 0 aliphatic carbocycles. The molecule has 3 aromatic carbocycles. The number of aromatic nitrogens is 3. The number of imidazole rings is 1. The van der Waals surface area contributed by atoms with E-state index < -0.39 is 10.0 Å². The average molecular weight is 457 g/mol. The number of nitrogens with two attached hydrogens (primary N) is 1. The molecule has 5 rings (SSSR count). The van der Waals surface area contributed by atoms with Gasteiger partial charge in [0.05, 0.1) is 16.3 Å². The van der Waals surface area contributed by atoms with E-state index >= 15 is 0 Å². The van der Waals surface area contributed by atoms with Crippen LogP contribution in [0.3, 0.4) is 0 Å². The lowest BCUT2D eigenvalue weighted by molar-refractivity contribution is 0.484. The van der Waals surface area contributed by atoms with E-state index in [1.54, 1.807) is 18.3 Å². The third-order valence-corrected chi connectivity index (χ3v) is 6.13. The van der Waals surface area contributed by atoms with Crippen LogP contribution in [0.25, 0.3) is 16.9 Å². The maximum atomic E-state index is 11.5. The van der Waals surface area contributed by atoms with Crippen molar-refractivity contribution in [2.75, 3.05) is 0 Å². The summed E-state index contributed by atoms with van der Waals surface area (Å²) in [6.07, 6.45) is 6.00. The van der Waals surface area contributed by atoms with E-state index in [9.17, 15) is 8.42 Å². The highest BCUT2D eigenvalue weighted by Gasteiger charge is 2.14. The molecule has 2 N–H and O–H groups in total. The summed E-state index contributed by atoms with van der Waals surface area (Å²) in [7, 11) is -3.73. The van der Waals surface area contributed by atoms with Crippen molar-refractivity contribution in [3.63, 3.8) is 0 Å². The number of hydrogen-bond acceptors (Lipinski definition) is 5. The molecule has 0 spiro atoms. The van der Waals surface area contributed by atoms with Gasteiger partial charge in [-0.2, -0.15) is 0 Å². The van der Waals surface area contributed by atoms with E-state index in [0.29, 0.717) is 12.2 Å². The first kappa shape index (κ1) is 20.9. The van der Waals surface area contributed by atoms with Gasteiger partial charge in [-0.25, -0.2) is 18.5 Å². The largest absolute Gasteiger partial charge is 0.457 e. The first-order valence-corrected chi connectivity index (χ1v) is 11.8. The van der Waals surface area contributed by atoms with Gasteiger partial charge < -0.3 is 9.14 Å². The summed E-state index contributed by atoms with van der Waals surface area (Å²) < 4.78 is 31.0. The van der Waals surface area contributed by atoms with E-state index in [4.69, 9.17) is 14.9 Å². The van der Waals surface area contributed by atoms with Crippen LogP contribution >= 0.6 is 0 Å². The Balaban J connectivity index is 1.49. The van der Waals surface area contributed by atoms with Crippen LogP contribution in [-0.2, 0) is 16.4 Å². The molecule has 7 nitrogen and oxygen atoms in total. The Morgan fingerprint density at radius 1 is 0.909 bits per heavy atom. The molecule has 0 bridgehead atoms. The highest BCUT2D eigenvalue weighted by atomic mass is 32.2. The van der Waals surface area contributed by atoms with E-state index in [0.717, 1.165) is 33.9 Å². The first-order chi connectivity index (χ1) is 16.0. The summed E-state index contributed by atoms with van der Waals surface area (Å²) in [6.45, 7) is 0. The van der Waals surface area contributed by atoms with Gasteiger partial charge >= 0.3 is 0 Å². The number of hydrogen-bond donors (Lipinski definition) is 1. The minimum absolute atomic E-state index is 0.0792. The van der Waals surface area contributed by atoms with Crippen molar-refractivity contribution in [1.29, 1.82) is 0 Å². The topological polar surface area (TPSA) is 99.6 Å². The zero-order chi connectivity index (χ0) is 22.8. The number of nitrogens with zero attached hydrogens (tertiary/aromatic N) is 3. The van der Waals surface area contributed by atoms with Gasteiger partial charge in [-0.05, 0) is 42.0 Å². The molecule has 0 atom stereocenters. The normalized spacial score (nSPS) is 11.5. The lowest BCUT2D eigenvalue weighted by Crippen LogP contribution is -2.11. The standard InChI is InChI=1S/C25H20N4O3S/c26-33(30,31)20-12-10-18(11-13-20)16-22-25-28-23(17-29(25)15-14-27-22)21-8-4-5-9-24(21)32-19-6-2-1-3-7-19/h1-15,17H,16H2,(H2,26,30,31). The predicted molar refractivity (Wildman–Crippen MR) is 126 cm³/mol. The summed E-state index contributed by atoms with van der Waals surface area (Å²) in [6, 6.07) is 23.8. The molecule has 0 radical (unpaired) electrons. The van der Waals surface area contributed by atoms with Crippen LogP contribution in [0.4, 0.5) is 0 Å². The molecule has 0 amide bonds. The maximum absolute atomic E-state index is 11.5. The van der Waals surface area contributed by atoms with Crippen LogP contribution in [0.5, 0.6) is 11.5 Å². The summed E-state index contributed by atoms with van der Waals surface area (Å²) in [5, 5.41) is 5.19. The maximum Gasteiger partial charge on any atom is 0.238 e. The number of fused-ring (bicyclic) bond motifs is 1. The summed E-state index contributed by atoms with van der Waals surface area (Å²) >= 11 is 0. The van der Waals surface area contributed by atoms with E-state index in [2.05, 4.69) is 4.98 Å². The second-order valence-corrected chi connectivity index (χ2v) is 9.07. The molecule has 0 aliphatic rings. The Hall–Kier alpha value is -4.01. The number of sulfonamides is 1. The molecule has 0 saturated heterocycles. The lowest BCUT2D eigenvalue weighted by Gasteiger charge is -2.09. The molecule has 0 fully saturated rings. The molecule has 0 aliphatic heterocycles. The van der Waals surface area contributed by atoms with Crippen LogP contribution < -0.4 is 9.88 Å². The number of primary sulfonamides is 1. The summed E-state index contributed by atoms with van der Waals surface area (Å²) in [5.74, 6) is 1.46. The van der Waals surface area contributed by atoms with Gasteiger partial charge in [-0.15, -0.1) is 0 Å². The number of rotatable bonds is 6. The molecule has 0 saturated carbocycles. The number of ether oxygens (including phenoxy) is 1. The number of para-hydroxylation sites is 2. The fourth-order valence-corrected chi connectivity index (χ4v) is 4.12. The van der Waals surface area contributed by atoms with Gasteiger partial charge in [0.15, 0.2) is 5.65 Å². The Kier molecular flexibility index (Phi) is 5.37. The average Bonchev–Trinajstić information content (AvgIpc) is 3.25. The van der Waals surface area contributed by atoms with Gasteiger partial charge in [-0.1, -0.05) is 42.5 Å². The van der Waals surface area contributed by atoms with Crippen LogP contribution in [0, 0.1) is 0 Å². The van der Waals surface area contributed by atoms with Crippen molar-refractivity contribution in [1.82, 2.24) is 14.4 Å². The van der Waals surface area contributed by atoms with Crippen molar-refractivity contribution < 1.29 is 13.2 Å². The van der Waals surface area contributed by atoms with Gasteiger partial charge in [0, 0.05) is 30.6 Å². The molecule has 0 unspecified atom stereocenters. The molecule has 5 aromatic rings. The molecule has 2 aromatic heterocycles. The first-order valence-electron chi connectivity index (χ1n) is 10.2. The summed E-state index contributed by atoms with van der Waals surface area (Å²) in [4.78, 5) is 9.43. The van der Waals surface area contributed by atoms with Crippen molar-refractivity contribution >= 4 is 15.7 Å². The molecule has 2 heterocycles. The molecular formula is C25H20N4O3S. The fraction of sp³-hybridized carbons (Fsp3) is 0.0400.